The van der Waals surface area contributed by atoms with E-state index >= 15 is 0 Å². The molecule has 0 bridgehead atoms. The minimum absolute atomic E-state index is 0.0167. The molecule has 3 nitrogen and oxygen atoms in total. The fraction of sp³-hybridized carbons (Fsp3) is 0. The average molecular weight is 181 g/mol. The quantitative estimate of drug-likeness (QED) is 0.673. The second-order valence-corrected chi connectivity index (χ2v) is 2.31. The monoisotopic (exact) mass is 181 g/mol. The van der Waals surface area contributed by atoms with Crippen molar-refractivity contribution in [1.82, 2.24) is 10.1 Å². The van der Waals surface area contributed by atoms with E-state index in [1.54, 1.807) is 0 Å². The number of benzene rings is 1. The van der Waals surface area contributed by atoms with Crippen LogP contribution in [0.1, 0.15) is 0 Å². The van der Waals surface area contributed by atoms with Gasteiger partial charge in [-0.2, -0.15) is 4.98 Å². The maximum Gasteiger partial charge on any atom is 0.316 e. The largest absolute Gasteiger partial charge is 0.328 e. The summed E-state index contributed by atoms with van der Waals surface area (Å²) in [5.74, 6) is -1.95. The molecule has 0 spiro atoms. The molecule has 0 atom stereocenters. The highest BCUT2D eigenvalue weighted by atomic mass is 19.2. The molecular weight excluding hydrogens is 178 g/mol. The van der Waals surface area contributed by atoms with Gasteiger partial charge in [-0.1, -0.05) is 11.2 Å². The van der Waals surface area contributed by atoms with Gasteiger partial charge in [-0.25, -0.2) is 8.78 Å². The lowest BCUT2D eigenvalue weighted by Gasteiger charge is -1.96. The van der Waals surface area contributed by atoms with Gasteiger partial charge in [-0.15, -0.1) is 0 Å². The van der Waals surface area contributed by atoms with Gasteiger partial charge in [0.05, 0.1) is 5.56 Å². The molecule has 1 aromatic heterocycles. The Morgan fingerprint density at radius 3 is 2.85 bits per heavy atom. The van der Waals surface area contributed by atoms with Crippen LogP contribution in [0, 0.1) is 18.0 Å². The van der Waals surface area contributed by atoms with Gasteiger partial charge in [0.15, 0.2) is 11.6 Å². The van der Waals surface area contributed by atoms with Crippen LogP contribution in [0.15, 0.2) is 22.7 Å². The van der Waals surface area contributed by atoms with E-state index in [1.807, 2.05) is 6.39 Å². The van der Waals surface area contributed by atoms with Crippen LogP contribution in [0.5, 0.6) is 0 Å². The molecule has 0 saturated carbocycles. The Morgan fingerprint density at radius 2 is 2.15 bits per heavy atom. The molecular formula is C8H3F2N2O. The summed E-state index contributed by atoms with van der Waals surface area (Å²) in [6, 6.07) is 3.74. The number of nitrogens with zero attached hydrogens (tertiary/aromatic N) is 2. The second-order valence-electron chi connectivity index (χ2n) is 2.31. The number of halogens is 2. The molecule has 0 saturated heterocycles. The van der Waals surface area contributed by atoms with Gasteiger partial charge >= 0.3 is 6.39 Å². The number of rotatable bonds is 1. The van der Waals surface area contributed by atoms with Crippen LogP contribution in [0.3, 0.4) is 0 Å². The van der Waals surface area contributed by atoms with Gasteiger partial charge in [-0.05, 0) is 12.1 Å². The van der Waals surface area contributed by atoms with Crippen molar-refractivity contribution in [2.45, 2.75) is 0 Å². The summed E-state index contributed by atoms with van der Waals surface area (Å²) >= 11 is 0. The van der Waals surface area contributed by atoms with Crippen LogP contribution in [-0.2, 0) is 0 Å². The fourth-order valence-electron chi connectivity index (χ4n) is 0.934. The van der Waals surface area contributed by atoms with Crippen molar-refractivity contribution in [3.05, 3.63) is 36.2 Å². The normalized spacial score (nSPS) is 10.3. The molecule has 13 heavy (non-hydrogen) atoms. The molecule has 0 N–H and O–H groups in total. The van der Waals surface area contributed by atoms with Crippen molar-refractivity contribution in [2.24, 2.45) is 0 Å². The summed E-state index contributed by atoms with van der Waals surface area (Å²) in [4.78, 5) is 3.48. The van der Waals surface area contributed by atoms with Gasteiger partial charge in [0.2, 0.25) is 5.82 Å². The first-order valence-electron chi connectivity index (χ1n) is 3.43. The molecule has 0 amide bonds. The van der Waals surface area contributed by atoms with Gasteiger partial charge in [0.1, 0.15) is 0 Å². The van der Waals surface area contributed by atoms with E-state index in [9.17, 15) is 8.78 Å². The third-order valence-corrected chi connectivity index (χ3v) is 1.52. The molecule has 2 aromatic rings. The Morgan fingerprint density at radius 1 is 1.31 bits per heavy atom. The minimum atomic E-state index is -0.989. The van der Waals surface area contributed by atoms with Crippen molar-refractivity contribution in [3.8, 4) is 11.4 Å². The van der Waals surface area contributed by atoms with E-state index in [-0.39, 0.29) is 11.4 Å². The highest BCUT2D eigenvalue weighted by Gasteiger charge is 2.12. The van der Waals surface area contributed by atoms with Gasteiger partial charge in [0, 0.05) is 0 Å². The number of aromatic nitrogens is 2. The van der Waals surface area contributed by atoms with E-state index in [4.69, 9.17) is 0 Å². The van der Waals surface area contributed by atoms with Crippen LogP contribution >= 0.6 is 0 Å². The summed E-state index contributed by atoms with van der Waals surface area (Å²) in [5, 5.41) is 3.34. The fourth-order valence-corrected chi connectivity index (χ4v) is 0.934. The predicted molar refractivity (Wildman–Crippen MR) is 38.5 cm³/mol. The minimum Gasteiger partial charge on any atom is -0.328 e. The summed E-state index contributed by atoms with van der Waals surface area (Å²) in [7, 11) is 0. The van der Waals surface area contributed by atoms with Crippen molar-refractivity contribution in [1.29, 1.82) is 0 Å². The van der Waals surface area contributed by atoms with Crippen LogP contribution in [0.4, 0.5) is 8.78 Å². The topological polar surface area (TPSA) is 38.9 Å². The molecule has 0 aliphatic rings. The second kappa shape index (κ2) is 2.93. The van der Waals surface area contributed by atoms with Crippen molar-refractivity contribution < 1.29 is 13.3 Å². The van der Waals surface area contributed by atoms with E-state index in [0.717, 1.165) is 6.07 Å². The SMILES string of the molecule is Fc1cccc(-c2n[c]on2)c1F. The van der Waals surface area contributed by atoms with Gasteiger partial charge < -0.3 is 4.52 Å². The van der Waals surface area contributed by atoms with Crippen molar-refractivity contribution >= 4 is 0 Å². The molecule has 1 aromatic carbocycles. The maximum atomic E-state index is 13.1. The van der Waals surface area contributed by atoms with Crippen molar-refractivity contribution in [2.75, 3.05) is 0 Å². The lowest BCUT2D eigenvalue weighted by molar-refractivity contribution is 0.410. The van der Waals surface area contributed by atoms with E-state index in [2.05, 4.69) is 14.7 Å². The Balaban J connectivity index is 2.59. The smallest absolute Gasteiger partial charge is 0.316 e. The Bertz CT molecular complexity index is 414. The standard InChI is InChI=1S/C8H3F2N2O/c9-6-3-1-2-5(7(6)10)8-11-4-13-12-8/h1-3H. The Hall–Kier alpha value is -1.78. The number of hydrogen-bond donors (Lipinski definition) is 0. The first kappa shape index (κ1) is 7.85. The molecule has 0 fully saturated rings. The first-order chi connectivity index (χ1) is 6.29. The average Bonchev–Trinajstić information content (AvgIpc) is 2.62. The zero-order valence-electron chi connectivity index (χ0n) is 6.29. The third-order valence-electron chi connectivity index (χ3n) is 1.52. The third kappa shape index (κ3) is 1.28. The molecule has 1 radical (unpaired) electrons. The van der Waals surface area contributed by atoms with Crippen LogP contribution in [-0.4, -0.2) is 10.1 Å². The zero-order chi connectivity index (χ0) is 9.26. The molecule has 1 heterocycles. The summed E-state index contributed by atoms with van der Waals surface area (Å²) in [6.07, 6.45) is 2.05. The van der Waals surface area contributed by atoms with E-state index in [0.29, 0.717) is 0 Å². The molecule has 0 aliphatic carbocycles. The number of hydrogen-bond acceptors (Lipinski definition) is 3. The first-order valence-corrected chi connectivity index (χ1v) is 3.43. The van der Waals surface area contributed by atoms with Crippen molar-refractivity contribution in [3.63, 3.8) is 0 Å². The lowest BCUT2D eigenvalue weighted by Crippen LogP contribution is -1.90. The lowest BCUT2D eigenvalue weighted by atomic mass is 10.2. The summed E-state index contributed by atoms with van der Waals surface area (Å²) < 4.78 is 30.0. The molecule has 65 valence electrons. The molecule has 5 heteroatoms. The maximum absolute atomic E-state index is 13.1. The predicted octanol–water partition coefficient (Wildman–Crippen LogP) is 1.81. The zero-order valence-corrected chi connectivity index (χ0v) is 6.29. The summed E-state index contributed by atoms with van der Waals surface area (Å²) in [5.41, 5.74) is -0.0370. The Labute approximate surface area is 72.0 Å². The molecule has 2 rings (SSSR count). The highest BCUT2D eigenvalue weighted by Crippen LogP contribution is 2.20. The molecule has 0 aliphatic heterocycles. The van der Waals surface area contributed by atoms with Gasteiger partial charge in [-0.3, -0.25) is 0 Å². The van der Waals surface area contributed by atoms with Crippen LogP contribution in [0.25, 0.3) is 11.4 Å². The van der Waals surface area contributed by atoms with Gasteiger partial charge in [0.25, 0.3) is 0 Å². The summed E-state index contributed by atoms with van der Waals surface area (Å²) in [6.45, 7) is 0. The Kier molecular flexibility index (Phi) is 1.77. The van der Waals surface area contributed by atoms with Crippen LogP contribution < -0.4 is 0 Å². The molecule has 0 unspecified atom stereocenters. The van der Waals surface area contributed by atoms with Crippen LogP contribution in [0.2, 0.25) is 0 Å². The van der Waals surface area contributed by atoms with E-state index in [1.165, 1.54) is 12.1 Å². The highest BCUT2D eigenvalue weighted by molar-refractivity contribution is 5.54. The van der Waals surface area contributed by atoms with E-state index < -0.39 is 11.6 Å².